The first-order valence-electron chi connectivity index (χ1n) is 14.9. The number of pyridine rings is 1. The molecule has 1 aliphatic rings. The zero-order valence-corrected chi connectivity index (χ0v) is 25.3. The van der Waals surface area contributed by atoms with Gasteiger partial charge in [-0.05, 0) is 91.7 Å². The lowest BCUT2D eigenvalue weighted by molar-refractivity contribution is -0.137. The number of rotatable bonds is 9. The normalized spacial score (nSPS) is 15.9. The molecule has 1 aliphatic heterocycles. The Hall–Kier alpha value is -4.23. The number of likely N-dealkylation sites (tertiary alicyclic amines) is 1. The molecule has 5 rings (SSSR count). The van der Waals surface area contributed by atoms with Gasteiger partial charge < -0.3 is 4.74 Å². The molecule has 1 atom stereocenters. The molecule has 0 aliphatic carbocycles. The molecule has 44 heavy (non-hydrogen) atoms. The maximum atomic E-state index is 14.6. The van der Waals surface area contributed by atoms with Gasteiger partial charge in [-0.15, -0.1) is 0 Å². The highest BCUT2D eigenvalue weighted by Gasteiger charge is 2.35. The first kappa shape index (κ1) is 31.2. The van der Waals surface area contributed by atoms with E-state index in [0.717, 1.165) is 46.2 Å². The zero-order valence-electron chi connectivity index (χ0n) is 25.3. The standard InChI is InChI=1S/C37H37F3N2O2/c1-25-18-28(22-41-21-25)24-44-36-20-31(16-15-29-12-9-13-33(26(29)2)30-10-5-4-6-11-30)34(37(38,39)40)19-32(36)23-42-17-8-7-14-35(42)27(3)43/h4-6,9-13,15-16,18-22,35H,7-8,14,17,23-24H2,1-3H3/b16-15+. The van der Waals surface area contributed by atoms with Crippen LogP contribution in [0.15, 0.2) is 79.1 Å². The minimum absolute atomic E-state index is 0.0184. The number of benzene rings is 3. The Morgan fingerprint density at radius 1 is 0.977 bits per heavy atom. The molecule has 3 aromatic carbocycles. The van der Waals surface area contributed by atoms with E-state index in [-0.39, 0.29) is 30.5 Å². The van der Waals surface area contributed by atoms with Gasteiger partial charge in [-0.3, -0.25) is 14.7 Å². The monoisotopic (exact) mass is 598 g/mol. The summed E-state index contributed by atoms with van der Waals surface area (Å²) in [4.78, 5) is 18.6. The van der Waals surface area contributed by atoms with Crippen LogP contribution in [0.1, 0.15) is 65.1 Å². The molecule has 2 heterocycles. The van der Waals surface area contributed by atoms with Gasteiger partial charge in [-0.1, -0.05) is 67.1 Å². The minimum Gasteiger partial charge on any atom is -0.488 e. The van der Waals surface area contributed by atoms with Gasteiger partial charge in [0.15, 0.2) is 0 Å². The number of alkyl halides is 3. The Morgan fingerprint density at radius 2 is 1.75 bits per heavy atom. The van der Waals surface area contributed by atoms with Crippen LogP contribution in [-0.4, -0.2) is 28.3 Å². The van der Waals surface area contributed by atoms with Crippen LogP contribution in [-0.2, 0) is 24.1 Å². The average molecular weight is 599 g/mol. The predicted molar refractivity (Wildman–Crippen MR) is 169 cm³/mol. The minimum atomic E-state index is -4.59. The van der Waals surface area contributed by atoms with E-state index in [9.17, 15) is 18.0 Å². The fraction of sp³-hybridized carbons (Fsp3) is 0.297. The first-order valence-corrected chi connectivity index (χ1v) is 14.9. The smallest absolute Gasteiger partial charge is 0.417 e. The van der Waals surface area contributed by atoms with Gasteiger partial charge in [-0.25, -0.2) is 0 Å². The number of carbonyl (C=O) groups is 1. The Balaban J connectivity index is 1.55. The second kappa shape index (κ2) is 13.6. The first-order chi connectivity index (χ1) is 21.1. The van der Waals surface area contributed by atoms with E-state index >= 15 is 0 Å². The molecule has 0 amide bonds. The lowest BCUT2D eigenvalue weighted by atomic mass is 9.94. The van der Waals surface area contributed by atoms with E-state index in [1.54, 1.807) is 25.4 Å². The second-order valence-corrected chi connectivity index (χ2v) is 11.5. The van der Waals surface area contributed by atoms with Gasteiger partial charge in [0.2, 0.25) is 0 Å². The van der Waals surface area contributed by atoms with Crippen molar-refractivity contribution in [3.63, 3.8) is 0 Å². The number of halogens is 3. The number of hydrogen-bond donors (Lipinski definition) is 0. The molecule has 0 spiro atoms. The summed E-state index contributed by atoms with van der Waals surface area (Å²) in [6.07, 6.45) is 4.61. The fourth-order valence-electron chi connectivity index (χ4n) is 5.94. The molecule has 1 fully saturated rings. The highest BCUT2D eigenvalue weighted by molar-refractivity contribution is 5.81. The van der Waals surface area contributed by atoms with Crippen molar-refractivity contribution in [2.75, 3.05) is 6.54 Å². The molecule has 4 nitrogen and oxygen atoms in total. The summed E-state index contributed by atoms with van der Waals surface area (Å²) >= 11 is 0. The van der Waals surface area contributed by atoms with Crippen LogP contribution in [0.4, 0.5) is 13.2 Å². The second-order valence-electron chi connectivity index (χ2n) is 11.5. The SMILES string of the molecule is CC(=O)C1CCCCN1Cc1cc(C(F)(F)F)c(/C=C/c2cccc(-c3ccccc3)c2C)cc1OCc1cncc(C)c1. The summed E-state index contributed by atoms with van der Waals surface area (Å²) in [5, 5.41) is 0. The lowest BCUT2D eigenvalue weighted by Crippen LogP contribution is -2.43. The maximum absolute atomic E-state index is 14.6. The number of nitrogens with zero attached hydrogens (tertiary/aromatic N) is 2. The van der Waals surface area contributed by atoms with Gasteiger partial charge in [-0.2, -0.15) is 13.2 Å². The Bertz CT molecular complexity index is 1650. The van der Waals surface area contributed by atoms with Crippen molar-refractivity contribution in [2.45, 2.75) is 65.4 Å². The van der Waals surface area contributed by atoms with Crippen molar-refractivity contribution < 1.29 is 22.7 Å². The Labute approximate surface area is 257 Å². The Kier molecular flexibility index (Phi) is 9.64. The van der Waals surface area contributed by atoms with Crippen LogP contribution >= 0.6 is 0 Å². The van der Waals surface area contributed by atoms with Gasteiger partial charge in [0.1, 0.15) is 18.1 Å². The summed E-state index contributed by atoms with van der Waals surface area (Å²) < 4.78 is 50.0. The molecule has 0 saturated carbocycles. The molecular weight excluding hydrogens is 561 g/mol. The number of ketones is 1. The predicted octanol–water partition coefficient (Wildman–Crippen LogP) is 9.08. The third-order valence-electron chi connectivity index (χ3n) is 8.22. The van der Waals surface area contributed by atoms with Crippen molar-refractivity contribution in [3.8, 4) is 16.9 Å². The number of hydrogen-bond acceptors (Lipinski definition) is 4. The summed E-state index contributed by atoms with van der Waals surface area (Å²) in [6, 6.07) is 20.1. The average Bonchev–Trinajstić information content (AvgIpc) is 3.00. The van der Waals surface area contributed by atoms with E-state index in [1.165, 1.54) is 18.2 Å². The highest BCUT2D eigenvalue weighted by Crippen LogP contribution is 2.38. The van der Waals surface area contributed by atoms with Crippen molar-refractivity contribution in [1.29, 1.82) is 0 Å². The lowest BCUT2D eigenvalue weighted by Gasteiger charge is -2.34. The summed E-state index contributed by atoms with van der Waals surface area (Å²) in [7, 11) is 0. The number of piperidine rings is 1. The van der Waals surface area contributed by atoms with Crippen LogP contribution in [0.25, 0.3) is 23.3 Å². The molecule has 1 saturated heterocycles. The number of carbonyl (C=O) groups excluding carboxylic acids is 1. The van der Waals surface area contributed by atoms with E-state index in [1.807, 2.05) is 73.3 Å². The van der Waals surface area contributed by atoms with Gasteiger partial charge in [0.05, 0.1) is 11.6 Å². The van der Waals surface area contributed by atoms with Gasteiger partial charge >= 0.3 is 6.18 Å². The van der Waals surface area contributed by atoms with Crippen LogP contribution in [0, 0.1) is 13.8 Å². The largest absolute Gasteiger partial charge is 0.488 e. The topological polar surface area (TPSA) is 42.4 Å². The van der Waals surface area contributed by atoms with E-state index in [4.69, 9.17) is 4.74 Å². The molecule has 228 valence electrons. The van der Waals surface area contributed by atoms with Crippen molar-refractivity contribution in [2.24, 2.45) is 0 Å². The maximum Gasteiger partial charge on any atom is 0.417 e. The quantitative estimate of drug-likeness (QED) is 0.180. The zero-order chi connectivity index (χ0) is 31.3. The summed E-state index contributed by atoms with van der Waals surface area (Å²) in [5.41, 5.74) is 5.35. The third-order valence-corrected chi connectivity index (χ3v) is 8.22. The van der Waals surface area contributed by atoms with Gasteiger partial charge in [0.25, 0.3) is 0 Å². The van der Waals surface area contributed by atoms with Crippen LogP contribution in [0.2, 0.25) is 0 Å². The van der Waals surface area contributed by atoms with E-state index < -0.39 is 11.7 Å². The van der Waals surface area contributed by atoms with Gasteiger partial charge in [0, 0.05) is 30.1 Å². The fourth-order valence-corrected chi connectivity index (χ4v) is 5.94. The molecule has 1 unspecified atom stereocenters. The molecule has 7 heteroatoms. The van der Waals surface area contributed by atoms with Crippen molar-refractivity contribution >= 4 is 17.9 Å². The Morgan fingerprint density at radius 3 is 2.48 bits per heavy atom. The molecule has 0 radical (unpaired) electrons. The van der Waals surface area contributed by atoms with Crippen molar-refractivity contribution in [1.82, 2.24) is 9.88 Å². The number of ether oxygens (including phenoxy) is 1. The number of aryl methyl sites for hydroxylation is 1. The molecule has 0 N–H and O–H groups in total. The number of Topliss-reactive ketones (excluding diaryl/α,β-unsaturated/α-hetero) is 1. The molecular formula is C37H37F3N2O2. The van der Waals surface area contributed by atoms with E-state index in [2.05, 4.69) is 4.98 Å². The highest BCUT2D eigenvalue weighted by atomic mass is 19.4. The number of aromatic nitrogens is 1. The molecule has 4 aromatic rings. The van der Waals surface area contributed by atoms with E-state index in [0.29, 0.717) is 24.3 Å². The molecule has 1 aromatic heterocycles. The summed E-state index contributed by atoms with van der Waals surface area (Å²) in [5.74, 6) is 0.392. The van der Waals surface area contributed by atoms with Crippen LogP contribution in [0.3, 0.4) is 0 Å². The third kappa shape index (κ3) is 7.45. The van der Waals surface area contributed by atoms with Crippen LogP contribution < -0.4 is 4.74 Å². The van der Waals surface area contributed by atoms with Crippen LogP contribution in [0.5, 0.6) is 5.75 Å². The summed E-state index contributed by atoms with van der Waals surface area (Å²) in [6.45, 7) is 6.45. The van der Waals surface area contributed by atoms with Crippen molar-refractivity contribution in [3.05, 3.63) is 118 Å². The molecule has 0 bridgehead atoms.